The van der Waals surface area contributed by atoms with Gasteiger partial charge < -0.3 is 0 Å². The van der Waals surface area contributed by atoms with E-state index in [0.29, 0.717) is 10.9 Å². The van der Waals surface area contributed by atoms with Crippen molar-refractivity contribution < 1.29 is 18.0 Å². The second-order valence-electron chi connectivity index (χ2n) is 3.37. The minimum Gasteiger partial charge on any atom is -0.294 e. The van der Waals surface area contributed by atoms with Gasteiger partial charge in [-0.15, -0.1) is 11.6 Å². The molecule has 0 radical (unpaired) electrons. The summed E-state index contributed by atoms with van der Waals surface area (Å²) in [7, 11) is 0. The number of hydrogen-bond acceptors (Lipinski definition) is 2. The van der Waals surface area contributed by atoms with E-state index in [-0.39, 0.29) is 40.3 Å². The van der Waals surface area contributed by atoms with Crippen molar-refractivity contribution in [3.05, 3.63) is 29.3 Å². The fourth-order valence-corrected chi connectivity index (χ4v) is 2.84. The molecule has 0 unspecified atom stereocenters. The van der Waals surface area contributed by atoms with Gasteiger partial charge in [0.25, 0.3) is 0 Å². The Morgan fingerprint density at radius 3 is 2.56 bits per heavy atom. The first kappa shape index (κ1) is 15.9. The van der Waals surface area contributed by atoms with Gasteiger partial charge in [-0.2, -0.15) is 13.2 Å². The van der Waals surface area contributed by atoms with Crippen LogP contribution in [0.3, 0.4) is 0 Å². The van der Waals surface area contributed by atoms with Gasteiger partial charge in [-0.05, 0) is 23.4 Å². The van der Waals surface area contributed by atoms with Crippen LogP contribution >= 0.6 is 39.3 Å². The van der Waals surface area contributed by atoms with Crippen LogP contribution in [0.1, 0.15) is 22.3 Å². The number of Topliss-reactive ketones (excluding diaryl/α,β-unsaturated/α-hetero) is 1. The third kappa shape index (κ3) is 4.82. The zero-order valence-corrected chi connectivity index (χ0v) is 12.2. The maximum absolute atomic E-state index is 12.4. The molecule has 1 aromatic rings. The Kier molecular flexibility index (Phi) is 6.01. The average Bonchev–Trinajstić information content (AvgIpc) is 2.27. The molecule has 100 valence electrons. The Morgan fingerprint density at radius 1 is 1.39 bits per heavy atom. The highest BCUT2D eigenvalue weighted by Crippen LogP contribution is 2.39. The number of carbonyl (C=O) groups is 1. The van der Waals surface area contributed by atoms with Crippen LogP contribution in [0.4, 0.5) is 13.2 Å². The van der Waals surface area contributed by atoms with Gasteiger partial charge in [-0.3, -0.25) is 4.79 Å². The maximum Gasteiger partial charge on any atom is 0.446 e. The zero-order valence-electron chi connectivity index (χ0n) is 9.06. The van der Waals surface area contributed by atoms with Crippen LogP contribution in [0.5, 0.6) is 0 Å². The van der Waals surface area contributed by atoms with Gasteiger partial charge in [0.1, 0.15) is 0 Å². The Balaban J connectivity index is 3.05. The van der Waals surface area contributed by atoms with Crippen molar-refractivity contribution >= 4 is 45.1 Å². The molecule has 0 saturated carbocycles. The largest absolute Gasteiger partial charge is 0.446 e. The van der Waals surface area contributed by atoms with E-state index in [9.17, 15) is 18.0 Å². The van der Waals surface area contributed by atoms with E-state index in [4.69, 9.17) is 11.6 Å². The van der Waals surface area contributed by atoms with E-state index < -0.39 is 5.51 Å². The fraction of sp³-hybridized carbons (Fsp3) is 0.364. The number of carbonyl (C=O) groups excluding carboxylic acids is 1. The summed E-state index contributed by atoms with van der Waals surface area (Å²) in [5.74, 6) is -0.101. The number of thioether (sulfide) groups is 1. The smallest absolute Gasteiger partial charge is 0.294 e. The lowest BCUT2D eigenvalue weighted by Gasteiger charge is -2.11. The lowest BCUT2D eigenvalue weighted by Crippen LogP contribution is -2.04. The van der Waals surface area contributed by atoms with Gasteiger partial charge in [-0.1, -0.05) is 28.1 Å². The normalized spacial score (nSPS) is 11.6. The molecule has 1 rings (SSSR count). The van der Waals surface area contributed by atoms with Crippen molar-refractivity contribution in [2.45, 2.75) is 22.2 Å². The van der Waals surface area contributed by atoms with Crippen molar-refractivity contribution in [2.24, 2.45) is 0 Å². The Labute approximate surface area is 120 Å². The van der Waals surface area contributed by atoms with Crippen molar-refractivity contribution in [2.75, 3.05) is 5.88 Å². The molecule has 0 aliphatic heterocycles. The van der Waals surface area contributed by atoms with Crippen LogP contribution in [0.15, 0.2) is 23.1 Å². The van der Waals surface area contributed by atoms with E-state index in [1.807, 2.05) is 0 Å². The molecule has 1 aromatic carbocycles. The van der Waals surface area contributed by atoms with Gasteiger partial charge in [0, 0.05) is 28.1 Å². The molecule has 0 bridgehead atoms. The summed E-state index contributed by atoms with van der Waals surface area (Å²) in [6.07, 6.45) is 0.116. The minimum atomic E-state index is -4.37. The molecular weight excluding hydrogens is 353 g/mol. The summed E-state index contributed by atoms with van der Waals surface area (Å²) < 4.78 is 37.1. The second-order valence-corrected chi connectivity index (χ2v) is 5.41. The molecule has 0 saturated heterocycles. The van der Waals surface area contributed by atoms with Gasteiger partial charge in [-0.25, -0.2) is 0 Å². The number of alkyl halides is 5. The van der Waals surface area contributed by atoms with Crippen LogP contribution in [-0.2, 0) is 5.33 Å². The summed E-state index contributed by atoms with van der Waals surface area (Å²) in [6, 6.07) is 4.31. The van der Waals surface area contributed by atoms with E-state index in [0.717, 1.165) is 0 Å². The van der Waals surface area contributed by atoms with E-state index in [1.165, 1.54) is 18.2 Å². The predicted molar refractivity (Wildman–Crippen MR) is 70.7 cm³/mol. The monoisotopic (exact) mass is 360 g/mol. The van der Waals surface area contributed by atoms with Crippen LogP contribution in [0, 0.1) is 0 Å². The molecule has 0 amide bonds. The predicted octanol–water partition coefficient (Wildman–Crippen LogP) is 5.01. The summed E-state index contributed by atoms with van der Waals surface area (Å²) in [6.45, 7) is 0. The quantitative estimate of drug-likeness (QED) is 0.417. The van der Waals surface area contributed by atoms with Gasteiger partial charge in [0.15, 0.2) is 5.78 Å². The first-order valence-corrected chi connectivity index (χ1v) is 7.38. The molecule has 0 N–H and O–H groups in total. The number of benzene rings is 1. The maximum atomic E-state index is 12.4. The van der Waals surface area contributed by atoms with Crippen molar-refractivity contribution in [1.82, 2.24) is 0 Å². The van der Waals surface area contributed by atoms with E-state index >= 15 is 0 Å². The third-order valence-electron chi connectivity index (χ3n) is 2.08. The van der Waals surface area contributed by atoms with Gasteiger partial charge in [0.05, 0.1) is 0 Å². The fourth-order valence-electron chi connectivity index (χ4n) is 1.29. The SMILES string of the molecule is O=C(CCCl)c1ccc(CBr)c(SC(F)(F)F)c1. The minimum absolute atomic E-state index is 0.0415. The lowest BCUT2D eigenvalue weighted by atomic mass is 10.1. The Morgan fingerprint density at radius 2 is 2.06 bits per heavy atom. The zero-order chi connectivity index (χ0) is 13.8. The molecule has 18 heavy (non-hydrogen) atoms. The summed E-state index contributed by atoms with van der Waals surface area (Å²) in [5.41, 5.74) is -3.61. The van der Waals surface area contributed by atoms with E-state index in [2.05, 4.69) is 15.9 Å². The highest BCUT2D eigenvalue weighted by Gasteiger charge is 2.30. The molecule has 0 aromatic heterocycles. The number of hydrogen-bond donors (Lipinski definition) is 0. The molecule has 7 heteroatoms. The van der Waals surface area contributed by atoms with Crippen LogP contribution in [-0.4, -0.2) is 17.2 Å². The molecule has 0 fully saturated rings. The molecule has 0 aliphatic rings. The Bertz CT molecular complexity index is 437. The first-order valence-electron chi connectivity index (χ1n) is 4.91. The van der Waals surface area contributed by atoms with Crippen LogP contribution in [0.25, 0.3) is 0 Å². The first-order chi connectivity index (χ1) is 8.37. The molecule has 1 nitrogen and oxygen atoms in total. The topological polar surface area (TPSA) is 17.1 Å². The summed E-state index contributed by atoms with van der Waals surface area (Å²) >= 11 is 8.35. The molecule has 0 spiro atoms. The molecular formula is C11H9BrClF3OS. The average molecular weight is 362 g/mol. The van der Waals surface area contributed by atoms with Crippen LogP contribution < -0.4 is 0 Å². The number of rotatable bonds is 5. The van der Waals surface area contributed by atoms with Crippen molar-refractivity contribution in [3.8, 4) is 0 Å². The standard InChI is InChI=1S/C11H9BrClF3OS/c12-6-8-2-1-7(9(17)3-4-13)5-10(8)18-11(14,15)16/h1-2,5H,3-4,6H2. The molecule has 0 atom stereocenters. The van der Waals surface area contributed by atoms with Gasteiger partial charge in [0.2, 0.25) is 0 Å². The summed E-state index contributed by atoms with van der Waals surface area (Å²) in [5, 5.41) is 0.301. The highest BCUT2D eigenvalue weighted by atomic mass is 79.9. The van der Waals surface area contributed by atoms with Crippen LogP contribution in [0.2, 0.25) is 0 Å². The van der Waals surface area contributed by atoms with Gasteiger partial charge >= 0.3 is 5.51 Å². The molecule has 0 heterocycles. The molecule has 0 aliphatic carbocycles. The lowest BCUT2D eigenvalue weighted by molar-refractivity contribution is -0.0328. The Hall–Kier alpha value is -0.200. The summed E-state index contributed by atoms with van der Waals surface area (Å²) in [4.78, 5) is 11.6. The third-order valence-corrected chi connectivity index (χ3v) is 3.70. The van der Waals surface area contributed by atoms with Crippen molar-refractivity contribution in [1.29, 1.82) is 0 Å². The number of ketones is 1. The second kappa shape index (κ2) is 6.82. The van der Waals surface area contributed by atoms with Crippen molar-refractivity contribution in [3.63, 3.8) is 0 Å². The van der Waals surface area contributed by atoms with E-state index in [1.54, 1.807) is 0 Å². The highest BCUT2D eigenvalue weighted by molar-refractivity contribution is 9.08. The number of halogens is 5.